The van der Waals surface area contributed by atoms with Crippen LogP contribution in [0.5, 0.6) is 5.75 Å². The van der Waals surface area contributed by atoms with Gasteiger partial charge in [0.15, 0.2) is 6.61 Å². The summed E-state index contributed by atoms with van der Waals surface area (Å²) in [5, 5.41) is 8.86. The van der Waals surface area contributed by atoms with Crippen molar-refractivity contribution < 1.29 is 19.1 Å². The van der Waals surface area contributed by atoms with Crippen LogP contribution in [0.1, 0.15) is 25.3 Å². The number of rotatable bonds is 8. The van der Waals surface area contributed by atoms with Gasteiger partial charge in [-0.1, -0.05) is 12.1 Å². The van der Waals surface area contributed by atoms with Crippen LogP contribution in [-0.2, 0) is 20.9 Å². The fourth-order valence-electron chi connectivity index (χ4n) is 2.84. The molecule has 25 heavy (non-hydrogen) atoms. The molecule has 0 saturated carbocycles. The van der Waals surface area contributed by atoms with Crippen molar-refractivity contribution in [2.24, 2.45) is 0 Å². The molecular weight excluding hydrogens is 322 g/mol. The molecule has 0 atom stereocenters. The van der Waals surface area contributed by atoms with Gasteiger partial charge in [0.05, 0.1) is 0 Å². The first-order chi connectivity index (χ1) is 12.1. The Morgan fingerprint density at radius 1 is 1.24 bits per heavy atom. The number of carbonyl (C=O) groups excluding carboxylic acids is 2. The van der Waals surface area contributed by atoms with Crippen LogP contribution >= 0.6 is 0 Å². The Labute approximate surface area is 148 Å². The lowest BCUT2D eigenvalue weighted by Gasteiger charge is -2.34. The van der Waals surface area contributed by atoms with E-state index < -0.39 is 5.60 Å². The van der Waals surface area contributed by atoms with E-state index in [2.05, 4.69) is 16.0 Å². The molecule has 1 aromatic rings. The van der Waals surface area contributed by atoms with Gasteiger partial charge in [0.1, 0.15) is 11.4 Å². The number of likely N-dealkylation sites (N-methyl/N-ethyl adjacent to an activating group) is 1. The van der Waals surface area contributed by atoms with E-state index in [9.17, 15) is 9.59 Å². The maximum absolute atomic E-state index is 12.5. The highest BCUT2D eigenvalue weighted by atomic mass is 16.5. The van der Waals surface area contributed by atoms with Crippen molar-refractivity contribution in [3.8, 4) is 5.75 Å². The van der Waals surface area contributed by atoms with Gasteiger partial charge in [0.2, 0.25) is 0 Å². The summed E-state index contributed by atoms with van der Waals surface area (Å²) in [5.41, 5.74) is 0.152. The van der Waals surface area contributed by atoms with E-state index >= 15 is 0 Å². The molecule has 0 radical (unpaired) electrons. The van der Waals surface area contributed by atoms with Gasteiger partial charge >= 0.3 is 0 Å². The summed E-state index contributed by atoms with van der Waals surface area (Å²) < 4.78 is 11.0. The molecule has 0 unspecified atom stereocenters. The summed E-state index contributed by atoms with van der Waals surface area (Å²) in [6.07, 6.45) is 1.32. The van der Waals surface area contributed by atoms with Crippen LogP contribution in [-0.4, -0.2) is 50.8 Å². The maximum atomic E-state index is 12.5. The minimum absolute atomic E-state index is 0.0244. The van der Waals surface area contributed by atoms with Crippen molar-refractivity contribution >= 4 is 11.8 Å². The summed E-state index contributed by atoms with van der Waals surface area (Å²) in [6, 6.07) is 7.35. The predicted molar refractivity (Wildman–Crippen MR) is 94.3 cm³/mol. The summed E-state index contributed by atoms with van der Waals surface area (Å²) in [5.74, 6) is 0.348. The van der Waals surface area contributed by atoms with E-state index in [4.69, 9.17) is 9.47 Å². The number of methoxy groups -OCH3 is 1. The van der Waals surface area contributed by atoms with E-state index in [0.717, 1.165) is 18.7 Å². The first kappa shape index (κ1) is 19.2. The molecule has 3 N–H and O–H groups in total. The van der Waals surface area contributed by atoms with Crippen molar-refractivity contribution in [3.63, 3.8) is 0 Å². The average molecular weight is 349 g/mol. The fourth-order valence-corrected chi connectivity index (χ4v) is 2.84. The second kappa shape index (κ2) is 9.39. The third-order valence-corrected chi connectivity index (χ3v) is 4.31. The fraction of sp³-hybridized carbons (Fsp3) is 0.556. The Balaban J connectivity index is 1.88. The Hall–Kier alpha value is -2.12. The van der Waals surface area contributed by atoms with Gasteiger partial charge in [-0.2, -0.15) is 0 Å². The van der Waals surface area contributed by atoms with Crippen LogP contribution < -0.4 is 20.7 Å². The topological polar surface area (TPSA) is 88.7 Å². The molecule has 1 aliphatic rings. The van der Waals surface area contributed by atoms with Crippen LogP contribution in [0.2, 0.25) is 0 Å². The SMILES string of the molecule is CCNC(=O)COc1cccc(CNC(=O)C2(OC)CCNCC2)c1. The lowest BCUT2D eigenvalue weighted by atomic mass is 9.91. The van der Waals surface area contributed by atoms with Crippen molar-refractivity contribution in [1.29, 1.82) is 0 Å². The molecule has 0 aliphatic carbocycles. The van der Waals surface area contributed by atoms with E-state index in [1.165, 1.54) is 0 Å². The summed E-state index contributed by atoms with van der Waals surface area (Å²) in [4.78, 5) is 24.0. The number of ether oxygens (including phenoxy) is 2. The minimum Gasteiger partial charge on any atom is -0.484 e. The number of nitrogens with one attached hydrogen (secondary N) is 3. The third kappa shape index (κ3) is 5.44. The Bertz CT molecular complexity index is 585. The number of hydrogen-bond donors (Lipinski definition) is 3. The number of carbonyl (C=O) groups is 2. The van der Waals surface area contributed by atoms with Crippen LogP contribution in [0.25, 0.3) is 0 Å². The summed E-state index contributed by atoms with van der Waals surface area (Å²) in [7, 11) is 1.58. The molecule has 0 spiro atoms. The molecule has 2 rings (SSSR count). The Kier molecular flexibility index (Phi) is 7.21. The molecule has 1 saturated heterocycles. The number of benzene rings is 1. The van der Waals surface area contributed by atoms with Gasteiger partial charge in [0, 0.05) is 20.2 Å². The van der Waals surface area contributed by atoms with Gasteiger partial charge in [0.25, 0.3) is 11.8 Å². The van der Waals surface area contributed by atoms with Crippen molar-refractivity contribution in [2.45, 2.75) is 31.9 Å². The molecule has 1 heterocycles. The number of amides is 2. The second-order valence-electron chi connectivity index (χ2n) is 6.02. The molecule has 1 aromatic carbocycles. The Morgan fingerprint density at radius 3 is 2.68 bits per heavy atom. The molecular formula is C18H27N3O4. The first-order valence-electron chi connectivity index (χ1n) is 8.62. The Morgan fingerprint density at radius 2 is 2.00 bits per heavy atom. The zero-order valence-electron chi connectivity index (χ0n) is 14.9. The standard InChI is InChI=1S/C18H27N3O4/c1-3-20-16(22)13-25-15-6-4-5-14(11-15)12-21-17(23)18(24-2)7-9-19-10-8-18/h4-6,11,19H,3,7-10,12-13H2,1-2H3,(H,20,22)(H,21,23). The van der Waals surface area contributed by atoms with E-state index in [0.29, 0.717) is 31.7 Å². The predicted octanol–water partition coefficient (Wildman–Crippen LogP) is 0.586. The monoisotopic (exact) mass is 349 g/mol. The number of piperidine rings is 1. The maximum Gasteiger partial charge on any atom is 0.257 e. The highest BCUT2D eigenvalue weighted by Crippen LogP contribution is 2.23. The van der Waals surface area contributed by atoms with Crippen LogP contribution in [0.3, 0.4) is 0 Å². The molecule has 1 aliphatic heterocycles. The molecule has 0 bridgehead atoms. The largest absolute Gasteiger partial charge is 0.484 e. The second-order valence-corrected chi connectivity index (χ2v) is 6.02. The number of hydrogen-bond acceptors (Lipinski definition) is 5. The summed E-state index contributed by atoms with van der Waals surface area (Å²) in [6.45, 7) is 4.33. The van der Waals surface area contributed by atoms with Crippen molar-refractivity contribution in [1.82, 2.24) is 16.0 Å². The average Bonchev–Trinajstić information content (AvgIpc) is 2.65. The lowest BCUT2D eigenvalue weighted by Crippen LogP contribution is -2.53. The highest BCUT2D eigenvalue weighted by Gasteiger charge is 2.39. The van der Waals surface area contributed by atoms with Gasteiger partial charge < -0.3 is 25.4 Å². The van der Waals surface area contributed by atoms with E-state index in [1.807, 2.05) is 25.1 Å². The van der Waals surface area contributed by atoms with Crippen molar-refractivity contribution in [2.75, 3.05) is 33.4 Å². The quantitative estimate of drug-likeness (QED) is 0.639. The minimum atomic E-state index is -0.752. The molecule has 138 valence electrons. The van der Waals surface area contributed by atoms with Gasteiger partial charge in [-0.25, -0.2) is 0 Å². The molecule has 0 aromatic heterocycles. The smallest absolute Gasteiger partial charge is 0.257 e. The molecule has 1 fully saturated rings. The zero-order valence-corrected chi connectivity index (χ0v) is 14.9. The van der Waals surface area contributed by atoms with Crippen LogP contribution in [0, 0.1) is 0 Å². The van der Waals surface area contributed by atoms with E-state index in [1.54, 1.807) is 13.2 Å². The van der Waals surface area contributed by atoms with Gasteiger partial charge in [-0.3, -0.25) is 9.59 Å². The normalized spacial score (nSPS) is 16.1. The molecule has 2 amide bonds. The highest BCUT2D eigenvalue weighted by molar-refractivity contribution is 5.85. The first-order valence-corrected chi connectivity index (χ1v) is 8.62. The van der Waals surface area contributed by atoms with Gasteiger partial charge in [-0.15, -0.1) is 0 Å². The van der Waals surface area contributed by atoms with Crippen LogP contribution in [0.4, 0.5) is 0 Å². The molecule has 7 nitrogen and oxygen atoms in total. The van der Waals surface area contributed by atoms with Crippen molar-refractivity contribution in [3.05, 3.63) is 29.8 Å². The summed E-state index contributed by atoms with van der Waals surface area (Å²) >= 11 is 0. The lowest BCUT2D eigenvalue weighted by molar-refractivity contribution is -0.146. The van der Waals surface area contributed by atoms with Gasteiger partial charge in [-0.05, 0) is 50.6 Å². The van der Waals surface area contributed by atoms with Crippen LogP contribution in [0.15, 0.2) is 24.3 Å². The zero-order chi connectivity index (χ0) is 18.1. The van der Waals surface area contributed by atoms with E-state index in [-0.39, 0.29) is 18.4 Å². The molecule has 7 heteroatoms. The third-order valence-electron chi connectivity index (χ3n) is 4.31.